The molecule has 9 heteroatoms. The third-order valence-corrected chi connectivity index (χ3v) is 13.4. The third kappa shape index (κ3) is 51.9. The zero-order valence-corrected chi connectivity index (χ0v) is 45.5. The van der Waals surface area contributed by atoms with E-state index in [2.05, 4.69) is 67.8 Å². The lowest BCUT2D eigenvalue weighted by Crippen LogP contribution is -2.45. The second kappa shape index (κ2) is 49.2. The molecule has 392 valence electrons. The Labute approximate surface area is 415 Å². The van der Waals surface area contributed by atoms with Gasteiger partial charge in [0.15, 0.2) is 0 Å². The maximum Gasteiger partial charge on any atom is 0.472 e. The minimum Gasteiger partial charge on any atom is -0.387 e. The van der Waals surface area contributed by atoms with E-state index in [1.54, 1.807) is 6.08 Å². The molecule has 1 amide bonds. The number of phosphoric ester groups is 1. The van der Waals surface area contributed by atoms with Crippen LogP contribution in [-0.4, -0.2) is 73.4 Å². The van der Waals surface area contributed by atoms with Crippen molar-refractivity contribution in [3.05, 3.63) is 60.8 Å². The summed E-state index contributed by atoms with van der Waals surface area (Å²) in [6.07, 6.45) is 66.1. The molecular formula is C58H110N2O6P+. The molecule has 0 rings (SSSR count). The summed E-state index contributed by atoms with van der Waals surface area (Å²) in [5, 5.41) is 13.9. The Balaban J connectivity index is 4.31. The van der Waals surface area contributed by atoms with E-state index in [1.807, 2.05) is 27.2 Å². The topological polar surface area (TPSA) is 105 Å². The predicted molar refractivity (Wildman–Crippen MR) is 290 cm³/mol. The molecule has 0 aliphatic carbocycles. The normalized spacial score (nSPS) is 14.4. The highest BCUT2D eigenvalue weighted by Crippen LogP contribution is 2.43. The van der Waals surface area contributed by atoms with Crippen molar-refractivity contribution in [2.24, 2.45) is 0 Å². The summed E-state index contributed by atoms with van der Waals surface area (Å²) < 4.78 is 23.7. The van der Waals surface area contributed by atoms with Crippen molar-refractivity contribution in [1.82, 2.24) is 5.32 Å². The van der Waals surface area contributed by atoms with E-state index < -0.39 is 20.0 Å². The molecule has 3 unspecified atom stereocenters. The standard InChI is InChI=1S/C58H109N2O6P/c1-6-8-10-12-14-16-18-20-22-24-26-27-28-29-30-31-32-34-35-37-39-41-43-45-47-49-51-57(61)56(55-66-67(63,64)65-54-53-60(3,4)5)59-58(62)52-50-48-46-44-42-40-38-36-33-25-23-21-19-17-15-13-11-9-7-2/h15,17,21,23,34-35,41,43,49,51,56-57,61H,6-14,16,18-20,22,24-33,36-40,42,44-48,50,52-55H2,1-5H3,(H-,59,62,63,64)/p+1/b17-15-,23-21-,35-34+,43-41+,51-49+. The van der Waals surface area contributed by atoms with Gasteiger partial charge in [0.1, 0.15) is 13.2 Å². The zero-order valence-electron chi connectivity index (χ0n) is 44.6. The number of nitrogens with zero attached hydrogens (tertiary/aromatic N) is 1. The van der Waals surface area contributed by atoms with Crippen LogP contribution in [0.15, 0.2) is 60.8 Å². The fraction of sp³-hybridized carbons (Fsp3) is 0.810. The van der Waals surface area contributed by atoms with Gasteiger partial charge in [-0.1, -0.05) is 229 Å². The quantitative estimate of drug-likeness (QED) is 0.0243. The molecule has 0 heterocycles. The summed E-state index contributed by atoms with van der Waals surface area (Å²) in [7, 11) is 1.54. The van der Waals surface area contributed by atoms with E-state index in [-0.39, 0.29) is 19.1 Å². The average Bonchev–Trinajstić information content (AvgIpc) is 3.29. The second-order valence-electron chi connectivity index (χ2n) is 20.3. The second-order valence-corrected chi connectivity index (χ2v) is 21.7. The molecule has 0 saturated carbocycles. The largest absolute Gasteiger partial charge is 0.472 e. The molecule has 3 atom stereocenters. The van der Waals surface area contributed by atoms with Crippen LogP contribution in [0, 0.1) is 0 Å². The van der Waals surface area contributed by atoms with E-state index in [9.17, 15) is 19.4 Å². The molecule has 0 fully saturated rings. The number of amides is 1. The number of likely N-dealkylation sites (N-methyl/N-ethyl adjacent to an activating group) is 1. The molecule has 0 aromatic rings. The van der Waals surface area contributed by atoms with Gasteiger partial charge in [-0.25, -0.2) is 4.57 Å². The van der Waals surface area contributed by atoms with Gasteiger partial charge in [-0.3, -0.25) is 13.8 Å². The van der Waals surface area contributed by atoms with Gasteiger partial charge in [0, 0.05) is 6.42 Å². The first-order valence-electron chi connectivity index (χ1n) is 28.2. The van der Waals surface area contributed by atoms with Gasteiger partial charge in [-0.15, -0.1) is 0 Å². The number of quaternary nitrogens is 1. The average molecular weight is 962 g/mol. The molecule has 0 spiro atoms. The van der Waals surface area contributed by atoms with Gasteiger partial charge in [0.05, 0.1) is 39.9 Å². The van der Waals surface area contributed by atoms with Crippen molar-refractivity contribution in [2.45, 2.75) is 264 Å². The molecule has 0 aromatic carbocycles. The van der Waals surface area contributed by atoms with Crippen LogP contribution >= 0.6 is 7.82 Å². The van der Waals surface area contributed by atoms with E-state index in [4.69, 9.17) is 9.05 Å². The van der Waals surface area contributed by atoms with Crippen LogP contribution < -0.4 is 5.32 Å². The molecule has 3 N–H and O–H groups in total. The lowest BCUT2D eigenvalue weighted by Gasteiger charge is -2.25. The predicted octanol–water partition coefficient (Wildman–Crippen LogP) is 16.9. The first kappa shape index (κ1) is 65.2. The van der Waals surface area contributed by atoms with E-state index in [0.717, 1.165) is 51.4 Å². The number of aliphatic hydroxyl groups is 1. The number of allylic oxidation sites excluding steroid dienone is 9. The lowest BCUT2D eigenvalue weighted by atomic mass is 10.0. The molecule has 8 nitrogen and oxygen atoms in total. The zero-order chi connectivity index (χ0) is 49.2. The van der Waals surface area contributed by atoms with Crippen molar-refractivity contribution >= 4 is 13.7 Å². The van der Waals surface area contributed by atoms with E-state index in [0.29, 0.717) is 17.4 Å². The van der Waals surface area contributed by atoms with Gasteiger partial charge in [-0.2, -0.15) is 0 Å². The van der Waals surface area contributed by atoms with Crippen LogP contribution in [0.25, 0.3) is 0 Å². The number of nitrogens with one attached hydrogen (secondary N) is 1. The van der Waals surface area contributed by atoms with E-state index >= 15 is 0 Å². The molecule has 0 bridgehead atoms. The van der Waals surface area contributed by atoms with Gasteiger partial charge < -0.3 is 19.8 Å². The van der Waals surface area contributed by atoms with Crippen molar-refractivity contribution in [1.29, 1.82) is 0 Å². The Kier molecular flexibility index (Phi) is 47.9. The smallest absolute Gasteiger partial charge is 0.387 e. The fourth-order valence-corrected chi connectivity index (χ4v) is 8.72. The van der Waals surface area contributed by atoms with Crippen LogP contribution in [-0.2, 0) is 18.4 Å². The molecule has 67 heavy (non-hydrogen) atoms. The number of rotatable bonds is 51. The SMILES string of the molecule is CCCCC/C=C\C/C=C\CCCCCCCCCCCC(=O)NC(COP(=O)(O)OCC[N+](C)(C)C)C(O)/C=C/CC/C=C/CC/C=C/CCCCCCCCCCCCCCCCCC. The van der Waals surface area contributed by atoms with Crippen LogP contribution in [0.3, 0.4) is 0 Å². The number of carbonyl (C=O) groups excluding carboxylic acids is 1. The van der Waals surface area contributed by atoms with Crippen molar-refractivity contribution in [3.63, 3.8) is 0 Å². The third-order valence-electron chi connectivity index (χ3n) is 12.4. The van der Waals surface area contributed by atoms with Crippen molar-refractivity contribution in [2.75, 3.05) is 40.9 Å². The fourth-order valence-electron chi connectivity index (χ4n) is 7.99. The van der Waals surface area contributed by atoms with Crippen LogP contribution in [0.2, 0.25) is 0 Å². The number of hydrogen-bond donors (Lipinski definition) is 3. The summed E-state index contributed by atoms with van der Waals surface area (Å²) >= 11 is 0. The van der Waals surface area contributed by atoms with Crippen LogP contribution in [0.1, 0.15) is 251 Å². The van der Waals surface area contributed by atoms with Crippen molar-refractivity contribution < 1.29 is 32.9 Å². The Morgan fingerprint density at radius 3 is 1.31 bits per heavy atom. The van der Waals surface area contributed by atoms with Gasteiger partial charge in [-0.05, 0) is 77.0 Å². The summed E-state index contributed by atoms with van der Waals surface area (Å²) in [5.41, 5.74) is 0. The molecule has 0 aliphatic heterocycles. The highest BCUT2D eigenvalue weighted by molar-refractivity contribution is 7.47. The number of carbonyl (C=O) groups is 1. The molecular weight excluding hydrogens is 852 g/mol. The summed E-state index contributed by atoms with van der Waals surface area (Å²) in [4.78, 5) is 23.3. The van der Waals surface area contributed by atoms with Gasteiger partial charge in [0.2, 0.25) is 5.91 Å². The monoisotopic (exact) mass is 962 g/mol. The molecule has 0 radical (unpaired) electrons. The van der Waals surface area contributed by atoms with Crippen molar-refractivity contribution in [3.8, 4) is 0 Å². The number of phosphoric acid groups is 1. The first-order chi connectivity index (χ1) is 32.5. The van der Waals surface area contributed by atoms with Gasteiger partial charge in [0.25, 0.3) is 0 Å². The minimum atomic E-state index is -4.36. The number of unbranched alkanes of at least 4 members (excludes halogenated alkanes) is 30. The summed E-state index contributed by atoms with van der Waals surface area (Å²) in [6.45, 7) is 4.77. The Bertz CT molecular complexity index is 1270. The summed E-state index contributed by atoms with van der Waals surface area (Å²) in [6, 6.07) is -0.875. The molecule has 0 saturated heterocycles. The van der Waals surface area contributed by atoms with Crippen LogP contribution in [0.4, 0.5) is 0 Å². The van der Waals surface area contributed by atoms with Crippen LogP contribution in [0.5, 0.6) is 0 Å². The molecule has 0 aliphatic rings. The highest BCUT2D eigenvalue weighted by Gasteiger charge is 2.27. The minimum absolute atomic E-state index is 0.0509. The Morgan fingerprint density at radius 1 is 0.507 bits per heavy atom. The van der Waals surface area contributed by atoms with Gasteiger partial charge >= 0.3 is 7.82 Å². The maximum absolute atomic E-state index is 13.0. The Hall–Kier alpha value is -1.80. The summed E-state index contributed by atoms with van der Waals surface area (Å²) in [5.74, 6) is -0.196. The lowest BCUT2D eigenvalue weighted by molar-refractivity contribution is -0.870. The maximum atomic E-state index is 13.0. The first-order valence-corrected chi connectivity index (χ1v) is 29.7. The highest BCUT2D eigenvalue weighted by atomic mass is 31.2. The molecule has 0 aromatic heterocycles. The number of hydrogen-bond acceptors (Lipinski definition) is 5. The van der Waals surface area contributed by atoms with E-state index in [1.165, 1.54) is 180 Å². The number of aliphatic hydroxyl groups excluding tert-OH is 1. The Morgan fingerprint density at radius 2 is 0.866 bits per heavy atom.